The van der Waals surface area contributed by atoms with Gasteiger partial charge in [0.2, 0.25) is 0 Å². The van der Waals surface area contributed by atoms with Crippen molar-refractivity contribution >= 4 is 44.7 Å². The van der Waals surface area contributed by atoms with Gasteiger partial charge in [-0.15, -0.1) is 0 Å². The number of nitrogens with zero attached hydrogens (tertiary/aromatic N) is 1. The second kappa shape index (κ2) is 4.61. The van der Waals surface area contributed by atoms with Crippen LogP contribution in [0.4, 0.5) is 0 Å². The molecule has 19 heavy (non-hydrogen) atoms. The lowest BCUT2D eigenvalue weighted by Crippen LogP contribution is -2.25. The van der Waals surface area contributed by atoms with Crippen LogP contribution in [0.15, 0.2) is 18.2 Å². The normalized spacial score (nSPS) is 19.8. The van der Waals surface area contributed by atoms with Gasteiger partial charge in [0.25, 0.3) is 0 Å². The summed E-state index contributed by atoms with van der Waals surface area (Å²) in [5.41, 5.74) is 1.77. The molecule has 1 aromatic carbocycles. The number of sulfone groups is 1. The zero-order valence-corrected chi connectivity index (χ0v) is 12.5. The van der Waals surface area contributed by atoms with Crippen LogP contribution < -0.4 is 0 Å². The Kier molecular flexibility index (Phi) is 3.19. The molecule has 3 rings (SSSR count). The van der Waals surface area contributed by atoms with Gasteiger partial charge >= 0.3 is 0 Å². The third-order valence-electron chi connectivity index (χ3n) is 3.58. The number of nitrogens with one attached hydrogen (secondary N) is 1. The highest BCUT2D eigenvalue weighted by atomic mass is 35.5. The molecule has 1 aromatic heterocycles. The molecule has 1 N–H and O–H groups in total. The number of para-hydroxylation sites is 1. The molecular weight excluding hydrogens is 304 g/mol. The largest absolute Gasteiger partial charge is 0.331 e. The lowest BCUT2D eigenvalue weighted by Gasteiger charge is -2.24. The van der Waals surface area contributed by atoms with Crippen molar-refractivity contribution in [2.75, 3.05) is 11.5 Å². The fraction of sp³-hybridized carbons (Fsp3) is 0.417. The van der Waals surface area contributed by atoms with Crippen molar-refractivity contribution in [3.05, 3.63) is 28.0 Å². The zero-order chi connectivity index (χ0) is 13.6. The molecule has 0 spiro atoms. The minimum Gasteiger partial charge on any atom is -0.331 e. The van der Waals surface area contributed by atoms with Gasteiger partial charge in [-0.1, -0.05) is 17.7 Å². The van der Waals surface area contributed by atoms with Gasteiger partial charge in [0.1, 0.15) is 9.84 Å². The molecule has 102 valence electrons. The third-order valence-corrected chi connectivity index (χ3v) is 5.90. The van der Waals surface area contributed by atoms with E-state index in [1.165, 1.54) is 0 Å². The number of halogens is 1. The first-order valence-corrected chi connectivity index (χ1v) is 8.68. The molecule has 1 fully saturated rings. The van der Waals surface area contributed by atoms with E-state index in [1.807, 2.05) is 22.8 Å². The maximum atomic E-state index is 11.5. The lowest BCUT2D eigenvalue weighted by atomic mass is 10.1. The van der Waals surface area contributed by atoms with Gasteiger partial charge < -0.3 is 9.55 Å². The molecule has 1 saturated heterocycles. The van der Waals surface area contributed by atoms with Crippen molar-refractivity contribution in [3.63, 3.8) is 0 Å². The van der Waals surface area contributed by atoms with Crippen LogP contribution in [-0.4, -0.2) is 29.5 Å². The first-order chi connectivity index (χ1) is 8.98. The smallest absolute Gasteiger partial charge is 0.178 e. The average Bonchev–Trinajstić information content (AvgIpc) is 2.67. The predicted molar refractivity (Wildman–Crippen MR) is 79.1 cm³/mol. The minimum atomic E-state index is -2.87. The molecule has 7 heteroatoms. The Morgan fingerprint density at radius 3 is 2.68 bits per heavy atom. The zero-order valence-electron chi connectivity index (χ0n) is 10.1. The quantitative estimate of drug-likeness (QED) is 0.822. The molecule has 0 radical (unpaired) electrons. The second-order valence-corrected chi connectivity index (χ2v) is 7.92. The Balaban J connectivity index is 2.11. The lowest BCUT2D eigenvalue weighted by molar-refractivity contribution is 0.455. The third kappa shape index (κ3) is 2.32. The van der Waals surface area contributed by atoms with E-state index in [0.29, 0.717) is 22.6 Å². The van der Waals surface area contributed by atoms with E-state index >= 15 is 0 Å². The Bertz CT molecular complexity index is 778. The summed E-state index contributed by atoms with van der Waals surface area (Å²) in [7, 11) is -2.87. The number of hydrogen-bond acceptors (Lipinski definition) is 3. The molecule has 0 bridgehead atoms. The molecule has 0 aliphatic carbocycles. The van der Waals surface area contributed by atoms with Crippen molar-refractivity contribution in [3.8, 4) is 0 Å². The summed E-state index contributed by atoms with van der Waals surface area (Å²) in [5, 5.41) is 0.637. The Labute approximate surface area is 121 Å². The van der Waals surface area contributed by atoms with E-state index in [4.69, 9.17) is 23.8 Å². The summed E-state index contributed by atoms with van der Waals surface area (Å²) in [6, 6.07) is 5.71. The fourth-order valence-electron chi connectivity index (χ4n) is 2.62. The molecule has 2 heterocycles. The highest BCUT2D eigenvalue weighted by molar-refractivity contribution is 7.91. The van der Waals surface area contributed by atoms with Gasteiger partial charge in [0.15, 0.2) is 4.77 Å². The summed E-state index contributed by atoms with van der Waals surface area (Å²) >= 11 is 11.6. The summed E-state index contributed by atoms with van der Waals surface area (Å²) < 4.78 is 25.6. The van der Waals surface area contributed by atoms with Crippen molar-refractivity contribution < 1.29 is 8.42 Å². The van der Waals surface area contributed by atoms with E-state index in [9.17, 15) is 8.42 Å². The Hall–Kier alpha value is -0.850. The number of hydrogen-bond donors (Lipinski definition) is 1. The van der Waals surface area contributed by atoms with Gasteiger partial charge in [0, 0.05) is 6.04 Å². The van der Waals surface area contributed by atoms with E-state index in [0.717, 1.165) is 11.0 Å². The summed E-state index contributed by atoms with van der Waals surface area (Å²) in [5.74, 6) is 0.438. The Morgan fingerprint density at radius 2 is 2.00 bits per heavy atom. The molecule has 1 aliphatic heterocycles. The standard InChI is InChI=1S/C12H13ClN2O2S2/c13-9-2-1-3-10-11(9)15(12(18)14-10)8-4-6-19(16,17)7-5-8/h1-3,8H,4-7H2,(H,14,18). The first kappa shape index (κ1) is 13.1. The van der Waals surface area contributed by atoms with Crippen LogP contribution in [-0.2, 0) is 9.84 Å². The molecule has 0 unspecified atom stereocenters. The first-order valence-electron chi connectivity index (χ1n) is 6.07. The minimum absolute atomic E-state index is 0.102. The highest BCUT2D eigenvalue weighted by Crippen LogP contribution is 2.31. The van der Waals surface area contributed by atoms with E-state index in [1.54, 1.807) is 0 Å². The average molecular weight is 317 g/mol. The van der Waals surface area contributed by atoms with Crippen LogP contribution in [0.3, 0.4) is 0 Å². The van der Waals surface area contributed by atoms with Crippen LogP contribution >= 0.6 is 23.8 Å². The maximum absolute atomic E-state index is 11.5. The van der Waals surface area contributed by atoms with Crippen molar-refractivity contribution in [2.24, 2.45) is 0 Å². The SMILES string of the molecule is O=S1(=O)CCC(n2c(=S)[nH]c3cccc(Cl)c32)CC1. The van der Waals surface area contributed by atoms with Crippen LogP contribution in [0.2, 0.25) is 5.02 Å². The predicted octanol–water partition coefficient (Wildman–Crippen LogP) is 3.10. The molecule has 0 atom stereocenters. The highest BCUT2D eigenvalue weighted by Gasteiger charge is 2.26. The van der Waals surface area contributed by atoms with Gasteiger partial charge in [-0.25, -0.2) is 8.42 Å². The number of rotatable bonds is 1. The molecular formula is C12H13ClN2O2S2. The fourth-order valence-corrected chi connectivity index (χ4v) is 4.70. The van der Waals surface area contributed by atoms with Crippen molar-refractivity contribution in [2.45, 2.75) is 18.9 Å². The molecule has 2 aromatic rings. The summed E-state index contributed by atoms with van der Waals surface area (Å²) in [4.78, 5) is 3.13. The number of aromatic nitrogens is 2. The van der Waals surface area contributed by atoms with Gasteiger partial charge in [0.05, 0.1) is 27.6 Å². The number of aromatic amines is 1. The van der Waals surface area contributed by atoms with Crippen molar-refractivity contribution in [1.29, 1.82) is 0 Å². The van der Waals surface area contributed by atoms with E-state index in [2.05, 4.69) is 4.98 Å². The van der Waals surface area contributed by atoms with Crippen LogP contribution in [0.1, 0.15) is 18.9 Å². The van der Waals surface area contributed by atoms with Gasteiger partial charge in [-0.2, -0.15) is 0 Å². The maximum Gasteiger partial charge on any atom is 0.178 e. The van der Waals surface area contributed by atoms with Gasteiger partial charge in [-0.3, -0.25) is 0 Å². The number of fused-ring (bicyclic) bond motifs is 1. The number of imidazole rings is 1. The molecule has 0 amide bonds. The molecule has 4 nitrogen and oxygen atoms in total. The Morgan fingerprint density at radius 1 is 1.32 bits per heavy atom. The number of H-pyrrole nitrogens is 1. The summed E-state index contributed by atoms with van der Waals surface area (Å²) in [6.45, 7) is 0. The van der Waals surface area contributed by atoms with Crippen LogP contribution in [0.25, 0.3) is 11.0 Å². The van der Waals surface area contributed by atoms with Gasteiger partial charge in [-0.05, 0) is 37.2 Å². The topological polar surface area (TPSA) is 54.9 Å². The molecule has 1 aliphatic rings. The second-order valence-electron chi connectivity index (χ2n) is 4.82. The summed E-state index contributed by atoms with van der Waals surface area (Å²) in [6.07, 6.45) is 1.18. The number of benzene rings is 1. The van der Waals surface area contributed by atoms with E-state index < -0.39 is 9.84 Å². The van der Waals surface area contributed by atoms with Crippen LogP contribution in [0.5, 0.6) is 0 Å². The molecule has 0 saturated carbocycles. The van der Waals surface area contributed by atoms with Crippen LogP contribution in [0, 0.1) is 4.77 Å². The van der Waals surface area contributed by atoms with Crippen molar-refractivity contribution in [1.82, 2.24) is 9.55 Å². The van der Waals surface area contributed by atoms with E-state index in [-0.39, 0.29) is 17.5 Å². The monoisotopic (exact) mass is 316 g/mol.